The minimum absolute atomic E-state index is 0.0923. The van der Waals surface area contributed by atoms with Crippen LogP contribution in [0.5, 0.6) is 0 Å². The molecule has 6 nitrogen and oxygen atoms in total. The summed E-state index contributed by atoms with van der Waals surface area (Å²) < 4.78 is 7.53. The van der Waals surface area contributed by atoms with E-state index < -0.39 is 12.1 Å². The fourth-order valence-electron chi connectivity index (χ4n) is 3.73. The summed E-state index contributed by atoms with van der Waals surface area (Å²) in [6.45, 7) is 12.1. The van der Waals surface area contributed by atoms with Crippen LogP contribution in [-0.2, 0) is 20.9 Å². The maximum absolute atomic E-state index is 12.6. The van der Waals surface area contributed by atoms with Crippen molar-refractivity contribution in [3.8, 4) is 6.07 Å². The Bertz CT molecular complexity index is 806. The van der Waals surface area contributed by atoms with Gasteiger partial charge in [-0.15, -0.1) is 0 Å². The van der Waals surface area contributed by atoms with E-state index in [0.717, 1.165) is 49.2 Å². The molecule has 6 heteroatoms. The lowest BCUT2D eigenvalue weighted by Crippen LogP contribution is -2.40. The molecule has 1 fully saturated rings. The third-order valence-corrected chi connectivity index (χ3v) is 5.35. The van der Waals surface area contributed by atoms with Crippen LogP contribution in [0.3, 0.4) is 0 Å². The Kier molecular flexibility index (Phi) is 8.07. The Morgan fingerprint density at radius 2 is 1.79 bits per heavy atom. The maximum Gasteiger partial charge on any atom is 0.349 e. The minimum atomic E-state index is -0.897. The average Bonchev–Trinajstić information content (AvgIpc) is 2.88. The molecule has 1 aromatic heterocycles. The zero-order valence-electron chi connectivity index (χ0n) is 18.3. The first kappa shape index (κ1) is 22.7. The van der Waals surface area contributed by atoms with Gasteiger partial charge in [-0.05, 0) is 57.2 Å². The van der Waals surface area contributed by atoms with Crippen LogP contribution in [0.1, 0.15) is 63.4 Å². The zero-order valence-corrected chi connectivity index (χ0v) is 18.3. The summed E-state index contributed by atoms with van der Waals surface area (Å²) in [5.74, 6) is -0.452. The Morgan fingerprint density at radius 1 is 1.17 bits per heavy atom. The molecule has 0 saturated carbocycles. The van der Waals surface area contributed by atoms with Gasteiger partial charge in [0.2, 0.25) is 0 Å². The molecule has 1 aromatic rings. The number of aromatic nitrogens is 1. The molecule has 0 spiro atoms. The first-order chi connectivity index (χ1) is 13.7. The summed E-state index contributed by atoms with van der Waals surface area (Å²) in [6.07, 6.45) is 4.85. The second kappa shape index (κ2) is 10.3. The molecule has 2 heterocycles. The highest BCUT2D eigenvalue weighted by Gasteiger charge is 2.26. The second-order valence-electron chi connectivity index (χ2n) is 8.29. The molecule has 0 aromatic carbocycles. The van der Waals surface area contributed by atoms with Gasteiger partial charge < -0.3 is 14.2 Å². The van der Waals surface area contributed by atoms with Gasteiger partial charge in [-0.3, -0.25) is 4.79 Å². The van der Waals surface area contributed by atoms with Crippen molar-refractivity contribution in [2.75, 3.05) is 13.1 Å². The van der Waals surface area contributed by atoms with Crippen LogP contribution >= 0.6 is 0 Å². The predicted octanol–water partition coefficient (Wildman–Crippen LogP) is 4.00. The third kappa shape index (κ3) is 5.96. The molecule has 1 aliphatic heterocycles. The van der Waals surface area contributed by atoms with E-state index in [4.69, 9.17) is 4.74 Å². The summed E-state index contributed by atoms with van der Waals surface area (Å²) in [7, 11) is 0. The largest absolute Gasteiger partial charge is 0.448 e. The molecule has 29 heavy (non-hydrogen) atoms. The van der Waals surface area contributed by atoms with Crippen molar-refractivity contribution in [3.05, 3.63) is 28.6 Å². The molecular weight excluding hydrogens is 366 g/mol. The van der Waals surface area contributed by atoms with Crippen LogP contribution < -0.4 is 0 Å². The van der Waals surface area contributed by atoms with Crippen LogP contribution in [0.15, 0.2) is 11.6 Å². The molecule has 1 atom stereocenters. The highest BCUT2D eigenvalue weighted by Crippen LogP contribution is 2.20. The van der Waals surface area contributed by atoms with Gasteiger partial charge in [0.15, 0.2) is 6.10 Å². The average molecular weight is 400 g/mol. The fourth-order valence-corrected chi connectivity index (χ4v) is 3.73. The number of nitriles is 1. The number of hydrogen-bond donors (Lipinski definition) is 0. The topological polar surface area (TPSA) is 75.3 Å². The van der Waals surface area contributed by atoms with Gasteiger partial charge in [0.25, 0.3) is 5.91 Å². The summed E-state index contributed by atoms with van der Waals surface area (Å²) in [5.41, 5.74) is 2.82. The van der Waals surface area contributed by atoms with Gasteiger partial charge in [-0.2, -0.15) is 5.26 Å². The monoisotopic (exact) mass is 399 g/mol. The summed E-state index contributed by atoms with van der Waals surface area (Å²) in [6, 6.07) is 3.90. The van der Waals surface area contributed by atoms with Crippen LogP contribution in [0, 0.1) is 31.1 Å². The van der Waals surface area contributed by atoms with Crippen molar-refractivity contribution in [1.82, 2.24) is 9.47 Å². The van der Waals surface area contributed by atoms with E-state index in [1.54, 1.807) is 17.9 Å². The van der Waals surface area contributed by atoms with Gasteiger partial charge in [-0.1, -0.05) is 26.7 Å². The van der Waals surface area contributed by atoms with Crippen molar-refractivity contribution in [1.29, 1.82) is 5.26 Å². The van der Waals surface area contributed by atoms with Crippen molar-refractivity contribution in [2.24, 2.45) is 5.92 Å². The van der Waals surface area contributed by atoms with Crippen molar-refractivity contribution < 1.29 is 14.3 Å². The van der Waals surface area contributed by atoms with Gasteiger partial charge in [0, 0.05) is 31.0 Å². The summed E-state index contributed by atoms with van der Waals surface area (Å²) in [4.78, 5) is 26.9. The number of carbonyl (C=O) groups excluding carboxylic acids is 2. The number of esters is 1. The molecule has 0 N–H and O–H groups in total. The predicted molar refractivity (Wildman–Crippen MR) is 113 cm³/mol. The van der Waals surface area contributed by atoms with E-state index in [2.05, 4.69) is 18.4 Å². The lowest BCUT2D eigenvalue weighted by atomic mass is 10.1. The van der Waals surface area contributed by atoms with Crippen molar-refractivity contribution >= 4 is 18.0 Å². The zero-order chi connectivity index (χ0) is 21.6. The van der Waals surface area contributed by atoms with Gasteiger partial charge in [-0.25, -0.2) is 4.79 Å². The number of likely N-dealkylation sites (tertiary alicyclic amines) is 1. The van der Waals surface area contributed by atoms with E-state index >= 15 is 0 Å². The highest BCUT2D eigenvalue weighted by molar-refractivity contribution is 5.99. The van der Waals surface area contributed by atoms with E-state index in [1.807, 2.05) is 26.0 Å². The maximum atomic E-state index is 12.6. The molecule has 0 aliphatic carbocycles. The number of ether oxygens (including phenoxy) is 1. The first-order valence-corrected chi connectivity index (χ1v) is 10.5. The quantitative estimate of drug-likeness (QED) is 0.412. The normalized spacial score (nSPS) is 16.3. The van der Waals surface area contributed by atoms with Crippen LogP contribution in [0.25, 0.3) is 6.08 Å². The smallest absolute Gasteiger partial charge is 0.349 e. The Balaban J connectivity index is 2.12. The molecule has 2 rings (SSSR count). The van der Waals surface area contributed by atoms with E-state index in [0.29, 0.717) is 19.0 Å². The molecule has 1 amide bonds. The number of carbonyl (C=O) groups is 2. The number of amides is 1. The van der Waals surface area contributed by atoms with Gasteiger partial charge in [0.1, 0.15) is 11.6 Å². The van der Waals surface area contributed by atoms with Gasteiger partial charge in [0.05, 0.1) is 0 Å². The Hall–Kier alpha value is -2.55. The third-order valence-electron chi connectivity index (χ3n) is 5.35. The number of hydrogen-bond acceptors (Lipinski definition) is 4. The number of rotatable bonds is 6. The molecule has 0 bridgehead atoms. The molecule has 0 radical (unpaired) electrons. The van der Waals surface area contributed by atoms with Gasteiger partial charge >= 0.3 is 5.97 Å². The minimum Gasteiger partial charge on any atom is -0.448 e. The van der Waals surface area contributed by atoms with Crippen LogP contribution in [-0.4, -0.2) is 40.5 Å². The van der Waals surface area contributed by atoms with Crippen molar-refractivity contribution in [3.63, 3.8) is 0 Å². The molecule has 1 unspecified atom stereocenters. The number of nitrogens with zero attached hydrogens (tertiary/aromatic N) is 3. The highest BCUT2D eigenvalue weighted by atomic mass is 16.5. The molecule has 158 valence electrons. The van der Waals surface area contributed by atoms with Crippen LogP contribution in [0.4, 0.5) is 0 Å². The number of aryl methyl sites for hydroxylation is 1. The Labute approximate surface area is 174 Å². The Morgan fingerprint density at radius 3 is 2.34 bits per heavy atom. The summed E-state index contributed by atoms with van der Waals surface area (Å²) in [5, 5.41) is 9.49. The SMILES string of the molecule is Cc1cc(/C=C(\C#N)C(=O)OC(C)C(=O)N2CCCCCC2)c(C)n1CC(C)C. The fraction of sp³-hybridized carbons (Fsp3) is 0.609. The second-order valence-corrected chi connectivity index (χ2v) is 8.29. The molecular formula is C23H33N3O3. The van der Waals surface area contributed by atoms with E-state index in [1.165, 1.54) is 0 Å². The lowest BCUT2D eigenvalue weighted by Gasteiger charge is -2.23. The van der Waals surface area contributed by atoms with E-state index in [-0.39, 0.29) is 11.5 Å². The van der Waals surface area contributed by atoms with Crippen LogP contribution in [0.2, 0.25) is 0 Å². The lowest BCUT2D eigenvalue weighted by molar-refractivity contribution is -0.155. The molecule has 1 aliphatic rings. The van der Waals surface area contributed by atoms with Crippen molar-refractivity contribution in [2.45, 2.75) is 73.0 Å². The molecule has 1 saturated heterocycles. The standard InChI is InChI=1S/C23H33N3O3/c1-16(2)15-26-17(3)12-20(18(26)4)13-21(14-24)23(28)29-19(5)22(27)25-10-8-6-7-9-11-25/h12-13,16,19H,6-11,15H2,1-5H3/b21-13+. The summed E-state index contributed by atoms with van der Waals surface area (Å²) >= 11 is 0. The first-order valence-electron chi connectivity index (χ1n) is 10.5. The van der Waals surface area contributed by atoms with E-state index in [9.17, 15) is 14.9 Å².